The number of pyridine rings is 1. The predicted octanol–water partition coefficient (Wildman–Crippen LogP) is 0.714. The molecule has 0 saturated heterocycles. The van der Waals surface area contributed by atoms with E-state index in [4.69, 9.17) is 19.7 Å². The second-order valence-corrected chi connectivity index (χ2v) is 3.02. The fourth-order valence-corrected chi connectivity index (χ4v) is 0.937. The van der Waals surface area contributed by atoms with Gasteiger partial charge in [-0.05, 0) is 13.8 Å². The Bertz CT molecular complexity index is 309. The zero-order chi connectivity index (χ0) is 11.3. The van der Waals surface area contributed by atoms with E-state index in [-0.39, 0.29) is 11.9 Å². The fourth-order valence-electron chi connectivity index (χ4n) is 0.937. The summed E-state index contributed by atoms with van der Waals surface area (Å²) in [6.07, 6.45) is 2.83. The molecule has 0 aliphatic heterocycles. The Labute approximate surface area is 87.5 Å². The minimum absolute atomic E-state index is 0.0399. The second-order valence-electron chi connectivity index (χ2n) is 3.02. The van der Waals surface area contributed by atoms with Crippen LogP contribution < -0.4 is 9.39 Å². The smallest absolute Gasteiger partial charge is 0.506 e. The zero-order valence-electron chi connectivity index (χ0n) is 8.45. The lowest BCUT2D eigenvalue weighted by Crippen LogP contribution is -2.25. The second kappa shape index (κ2) is 5.55. The Kier molecular flexibility index (Phi) is 4.35. The number of rotatable bonds is 5. The summed E-state index contributed by atoms with van der Waals surface area (Å²) in [7, 11) is -1.76. The maximum atomic E-state index is 8.89. The van der Waals surface area contributed by atoms with Crippen molar-refractivity contribution in [3.05, 3.63) is 18.5 Å². The van der Waals surface area contributed by atoms with Gasteiger partial charge in [-0.15, -0.1) is 0 Å². The summed E-state index contributed by atoms with van der Waals surface area (Å²) in [4.78, 5) is 7.35. The van der Waals surface area contributed by atoms with Gasteiger partial charge in [0.15, 0.2) is 11.5 Å². The van der Waals surface area contributed by atoms with E-state index in [1.165, 1.54) is 12.4 Å². The summed E-state index contributed by atoms with van der Waals surface area (Å²) in [5.74, 6) is 0.601. The highest BCUT2D eigenvalue weighted by Crippen LogP contribution is 2.26. The van der Waals surface area contributed by atoms with Crippen molar-refractivity contribution >= 4 is 7.32 Å². The van der Waals surface area contributed by atoms with Gasteiger partial charge in [0.2, 0.25) is 0 Å². The van der Waals surface area contributed by atoms with Crippen LogP contribution in [0.5, 0.6) is 11.5 Å². The third kappa shape index (κ3) is 3.74. The minimum atomic E-state index is -1.76. The molecule has 2 N–H and O–H groups in total. The van der Waals surface area contributed by atoms with Crippen molar-refractivity contribution in [2.45, 2.75) is 20.0 Å². The Morgan fingerprint density at radius 3 is 2.73 bits per heavy atom. The molecule has 0 aliphatic carbocycles. The van der Waals surface area contributed by atoms with Crippen LogP contribution in [0.4, 0.5) is 0 Å². The van der Waals surface area contributed by atoms with Crippen molar-refractivity contribution in [3.63, 3.8) is 0 Å². The summed E-state index contributed by atoms with van der Waals surface area (Å²) in [6.45, 7) is 3.70. The van der Waals surface area contributed by atoms with E-state index in [2.05, 4.69) is 9.79 Å². The third-order valence-electron chi connectivity index (χ3n) is 1.43. The highest BCUT2D eigenvalue weighted by molar-refractivity contribution is 6.35. The van der Waals surface area contributed by atoms with E-state index < -0.39 is 7.32 Å². The van der Waals surface area contributed by atoms with Crippen LogP contribution in [0.2, 0.25) is 0 Å². The molecule has 0 atom stereocenters. The standard InChI is InChI=1S/C8H12BNO5/c1-6(2)13-7-3-4-10-5-8(7)14-9(11)15-12/h3-6,11-12H,1-2H3. The van der Waals surface area contributed by atoms with Crippen molar-refractivity contribution in [2.75, 3.05) is 0 Å². The quantitative estimate of drug-likeness (QED) is 0.426. The maximum Gasteiger partial charge on any atom is 0.739 e. The van der Waals surface area contributed by atoms with Crippen LogP contribution in [-0.4, -0.2) is 28.7 Å². The van der Waals surface area contributed by atoms with Crippen LogP contribution in [0.25, 0.3) is 0 Å². The van der Waals surface area contributed by atoms with Gasteiger partial charge in [0.1, 0.15) is 0 Å². The molecule has 1 aromatic rings. The number of nitrogens with zero attached hydrogens (tertiary/aromatic N) is 1. The molecule has 0 aromatic carbocycles. The molecular formula is C8H12BNO5. The lowest BCUT2D eigenvalue weighted by molar-refractivity contribution is -0.171. The number of hydrogen-bond acceptors (Lipinski definition) is 6. The van der Waals surface area contributed by atoms with Crippen LogP contribution in [0.15, 0.2) is 18.5 Å². The molecule has 0 radical (unpaired) electrons. The van der Waals surface area contributed by atoms with E-state index >= 15 is 0 Å². The van der Waals surface area contributed by atoms with E-state index in [1.807, 2.05) is 13.8 Å². The van der Waals surface area contributed by atoms with Crippen LogP contribution in [0, 0.1) is 0 Å². The summed E-state index contributed by atoms with van der Waals surface area (Å²) in [6, 6.07) is 1.58. The van der Waals surface area contributed by atoms with Crippen LogP contribution in [0.3, 0.4) is 0 Å². The first-order valence-electron chi connectivity index (χ1n) is 4.39. The molecule has 0 spiro atoms. The monoisotopic (exact) mass is 213 g/mol. The normalized spacial score (nSPS) is 10.2. The molecular weight excluding hydrogens is 201 g/mol. The molecule has 15 heavy (non-hydrogen) atoms. The molecule has 1 rings (SSSR count). The third-order valence-corrected chi connectivity index (χ3v) is 1.43. The fraction of sp³-hybridized carbons (Fsp3) is 0.375. The van der Waals surface area contributed by atoms with Crippen molar-refractivity contribution in [3.8, 4) is 11.5 Å². The molecule has 1 heterocycles. The zero-order valence-corrected chi connectivity index (χ0v) is 8.45. The van der Waals surface area contributed by atoms with Gasteiger partial charge >= 0.3 is 7.32 Å². The van der Waals surface area contributed by atoms with Crippen LogP contribution >= 0.6 is 0 Å². The van der Waals surface area contributed by atoms with Crippen LogP contribution in [-0.2, 0) is 4.81 Å². The lowest BCUT2D eigenvalue weighted by atomic mass is 10.2. The van der Waals surface area contributed by atoms with Crippen molar-refractivity contribution in [2.24, 2.45) is 0 Å². The first-order valence-corrected chi connectivity index (χ1v) is 4.39. The van der Waals surface area contributed by atoms with E-state index in [1.54, 1.807) is 6.07 Å². The summed E-state index contributed by atoms with van der Waals surface area (Å²) >= 11 is 0. The average molecular weight is 213 g/mol. The topological polar surface area (TPSA) is 81.0 Å². The molecule has 6 nitrogen and oxygen atoms in total. The summed E-state index contributed by atoms with van der Waals surface area (Å²) in [5, 5.41) is 17.0. The summed E-state index contributed by atoms with van der Waals surface area (Å²) in [5.41, 5.74) is 0. The Morgan fingerprint density at radius 1 is 1.40 bits per heavy atom. The highest BCUT2D eigenvalue weighted by atomic mass is 17.1. The van der Waals surface area contributed by atoms with Crippen molar-refractivity contribution in [1.82, 2.24) is 4.98 Å². The molecule has 0 bridgehead atoms. The Morgan fingerprint density at radius 2 is 2.13 bits per heavy atom. The van der Waals surface area contributed by atoms with Gasteiger partial charge in [-0.2, -0.15) is 0 Å². The molecule has 82 valence electrons. The van der Waals surface area contributed by atoms with Gasteiger partial charge in [-0.3, -0.25) is 10.2 Å². The van der Waals surface area contributed by atoms with Crippen molar-refractivity contribution in [1.29, 1.82) is 0 Å². The number of ether oxygens (including phenoxy) is 1. The van der Waals surface area contributed by atoms with E-state index in [0.717, 1.165) is 0 Å². The molecule has 0 aliphatic rings. The molecule has 0 saturated carbocycles. The average Bonchev–Trinajstić information content (AvgIpc) is 2.20. The lowest BCUT2D eigenvalue weighted by Gasteiger charge is -2.14. The van der Waals surface area contributed by atoms with E-state index in [0.29, 0.717) is 5.75 Å². The van der Waals surface area contributed by atoms with Gasteiger partial charge in [0.25, 0.3) is 0 Å². The first-order chi connectivity index (χ1) is 7.13. The van der Waals surface area contributed by atoms with E-state index in [9.17, 15) is 0 Å². The Hall–Kier alpha value is -1.31. The largest absolute Gasteiger partial charge is 0.739 e. The van der Waals surface area contributed by atoms with Gasteiger partial charge in [-0.1, -0.05) is 0 Å². The molecule has 1 aromatic heterocycles. The van der Waals surface area contributed by atoms with Crippen molar-refractivity contribution < 1.29 is 24.5 Å². The SMILES string of the molecule is CC(C)Oc1ccncc1OB(O)OO. The molecule has 0 unspecified atom stereocenters. The van der Waals surface area contributed by atoms with Gasteiger partial charge in [0, 0.05) is 12.3 Å². The minimum Gasteiger partial charge on any atom is -0.506 e. The van der Waals surface area contributed by atoms with Gasteiger partial charge in [-0.25, -0.2) is 4.81 Å². The predicted molar refractivity (Wildman–Crippen MR) is 52.3 cm³/mol. The highest BCUT2D eigenvalue weighted by Gasteiger charge is 2.20. The molecule has 7 heteroatoms. The first kappa shape index (κ1) is 11.8. The summed E-state index contributed by atoms with van der Waals surface area (Å²) < 4.78 is 10.2. The number of hydrogen-bond donors (Lipinski definition) is 2. The Balaban J connectivity index is 2.76. The number of aromatic nitrogens is 1. The maximum absolute atomic E-state index is 8.89. The van der Waals surface area contributed by atoms with Gasteiger partial charge in [0.05, 0.1) is 12.3 Å². The molecule has 0 amide bonds. The van der Waals surface area contributed by atoms with Gasteiger partial charge < -0.3 is 14.4 Å². The van der Waals surface area contributed by atoms with Crippen LogP contribution in [0.1, 0.15) is 13.8 Å². The molecule has 0 fully saturated rings.